The number of aromatic nitrogens is 4. The Morgan fingerprint density at radius 3 is 2.33 bits per heavy atom. The summed E-state index contributed by atoms with van der Waals surface area (Å²) < 4.78 is 7.64. The van der Waals surface area contributed by atoms with Crippen LogP contribution in [0, 0.1) is 0 Å². The van der Waals surface area contributed by atoms with Gasteiger partial charge in [0.1, 0.15) is 12.1 Å². The first-order valence-corrected chi connectivity index (χ1v) is 12.6. The lowest BCUT2D eigenvalue weighted by molar-refractivity contribution is 0.0934. The van der Waals surface area contributed by atoms with E-state index in [1.54, 1.807) is 0 Å². The lowest BCUT2D eigenvalue weighted by Gasteiger charge is -2.12. The summed E-state index contributed by atoms with van der Waals surface area (Å²) in [5.41, 5.74) is 3.42. The molecule has 0 bridgehead atoms. The fourth-order valence-electron chi connectivity index (χ4n) is 3.83. The van der Waals surface area contributed by atoms with Gasteiger partial charge in [0.25, 0.3) is 5.91 Å². The van der Waals surface area contributed by atoms with Crippen molar-refractivity contribution in [1.29, 1.82) is 0 Å². The Balaban J connectivity index is 1.29. The Labute approximate surface area is 213 Å². The molecule has 0 spiro atoms. The molecule has 5 rings (SSSR count). The molecule has 1 amide bonds. The molecule has 8 heteroatoms. The first-order chi connectivity index (χ1) is 17.7. The number of oxazole rings is 1. The highest BCUT2D eigenvalue weighted by Gasteiger charge is 2.18. The highest BCUT2D eigenvalue weighted by molar-refractivity contribution is 7.98. The molecule has 1 N–H and O–H groups in total. The van der Waals surface area contributed by atoms with Crippen molar-refractivity contribution < 1.29 is 9.21 Å². The van der Waals surface area contributed by atoms with Crippen molar-refractivity contribution >= 4 is 17.7 Å². The molecule has 3 aromatic carbocycles. The molecule has 7 nitrogen and oxygen atoms in total. The zero-order valence-electron chi connectivity index (χ0n) is 19.7. The number of amides is 1. The second kappa shape index (κ2) is 11.0. The van der Waals surface area contributed by atoms with E-state index in [4.69, 9.17) is 4.42 Å². The van der Waals surface area contributed by atoms with Crippen LogP contribution in [0.25, 0.3) is 5.69 Å². The van der Waals surface area contributed by atoms with Gasteiger partial charge in [-0.1, -0.05) is 90.6 Å². The summed E-state index contributed by atoms with van der Waals surface area (Å²) in [5.74, 6) is 1.43. The van der Waals surface area contributed by atoms with E-state index in [0.29, 0.717) is 18.1 Å². The van der Waals surface area contributed by atoms with Crippen LogP contribution >= 0.6 is 11.8 Å². The van der Waals surface area contributed by atoms with Crippen LogP contribution in [0.4, 0.5) is 0 Å². The fraction of sp³-hybridized carbons (Fsp3) is 0.143. The van der Waals surface area contributed by atoms with Crippen LogP contribution in [0.1, 0.15) is 46.3 Å². The molecule has 0 radical (unpaired) electrons. The molecule has 0 fully saturated rings. The second-order valence-electron chi connectivity index (χ2n) is 8.25. The smallest absolute Gasteiger partial charge is 0.273 e. The van der Waals surface area contributed by atoms with Gasteiger partial charge in [0.05, 0.1) is 11.8 Å². The molecule has 1 atom stereocenters. The average Bonchev–Trinajstić information content (AvgIpc) is 3.56. The van der Waals surface area contributed by atoms with E-state index in [1.807, 2.05) is 85.8 Å². The van der Waals surface area contributed by atoms with Gasteiger partial charge in [0.2, 0.25) is 5.89 Å². The summed E-state index contributed by atoms with van der Waals surface area (Å²) in [6, 6.07) is 29.9. The number of thioether (sulfide) groups is 1. The van der Waals surface area contributed by atoms with Crippen LogP contribution in [0.3, 0.4) is 0 Å². The maximum atomic E-state index is 12.7. The highest BCUT2D eigenvalue weighted by atomic mass is 32.2. The molecule has 0 saturated heterocycles. The lowest BCUT2D eigenvalue weighted by Crippen LogP contribution is -2.26. The highest BCUT2D eigenvalue weighted by Crippen LogP contribution is 2.26. The van der Waals surface area contributed by atoms with Crippen molar-refractivity contribution in [3.05, 3.63) is 126 Å². The monoisotopic (exact) mass is 495 g/mol. The number of nitrogens with one attached hydrogen (secondary N) is 1. The molecule has 5 aromatic rings. The van der Waals surface area contributed by atoms with Crippen molar-refractivity contribution in [2.24, 2.45) is 0 Å². The van der Waals surface area contributed by atoms with Crippen molar-refractivity contribution in [2.75, 3.05) is 0 Å². The van der Waals surface area contributed by atoms with E-state index in [1.165, 1.54) is 18.0 Å². The van der Waals surface area contributed by atoms with Crippen LogP contribution in [0.15, 0.2) is 107 Å². The van der Waals surface area contributed by atoms with Gasteiger partial charge in [0, 0.05) is 12.1 Å². The summed E-state index contributed by atoms with van der Waals surface area (Å²) in [6.07, 6.45) is 2.05. The second-order valence-corrected chi connectivity index (χ2v) is 9.20. The van der Waals surface area contributed by atoms with Gasteiger partial charge in [-0.3, -0.25) is 9.36 Å². The number of hydrogen-bond acceptors (Lipinski definition) is 6. The summed E-state index contributed by atoms with van der Waals surface area (Å²) in [7, 11) is 0. The van der Waals surface area contributed by atoms with Gasteiger partial charge in [-0.2, -0.15) is 0 Å². The SMILES string of the molecule is CC(NC(=O)c1coc(CSc2nnc(Cc3ccccc3)n2-c2ccccc2)n1)c1ccccc1. The number of rotatable bonds is 9. The van der Waals surface area contributed by atoms with Gasteiger partial charge in [-0.15, -0.1) is 10.2 Å². The largest absolute Gasteiger partial charge is 0.447 e. The van der Waals surface area contributed by atoms with E-state index < -0.39 is 0 Å². The number of benzene rings is 3. The first-order valence-electron chi connectivity index (χ1n) is 11.6. The molecule has 180 valence electrons. The quantitative estimate of drug-likeness (QED) is 0.267. The van der Waals surface area contributed by atoms with Crippen LogP contribution in [-0.2, 0) is 12.2 Å². The van der Waals surface area contributed by atoms with E-state index in [9.17, 15) is 4.79 Å². The van der Waals surface area contributed by atoms with Crippen molar-refractivity contribution in [3.63, 3.8) is 0 Å². The zero-order valence-corrected chi connectivity index (χ0v) is 20.6. The standard InChI is InChI=1S/C28H25N5O2S/c1-20(22-13-7-3-8-14-22)29-27(34)24-18-35-26(30-24)19-36-28-32-31-25(17-21-11-5-2-6-12-21)33(28)23-15-9-4-10-16-23/h2-16,18,20H,17,19H2,1H3,(H,29,34). The summed E-state index contributed by atoms with van der Waals surface area (Å²) in [5, 5.41) is 12.6. The van der Waals surface area contributed by atoms with Gasteiger partial charge >= 0.3 is 0 Å². The van der Waals surface area contributed by atoms with Gasteiger partial charge in [-0.05, 0) is 30.2 Å². The molecular formula is C28H25N5O2S. The minimum Gasteiger partial charge on any atom is -0.447 e. The van der Waals surface area contributed by atoms with E-state index >= 15 is 0 Å². The minimum atomic E-state index is -0.274. The summed E-state index contributed by atoms with van der Waals surface area (Å²) in [4.78, 5) is 17.1. The van der Waals surface area contributed by atoms with E-state index in [0.717, 1.165) is 27.8 Å². The van der Waals surface area contributed by atoms with E-state index in [2.05, 4.69) is 37.2 Å². The number of para-hydroxylation sites is 1. The maximum absolute atomic E-state index is 12.7. The normalized spacial score (nSPS) is 11.8. The Kier molecular flexibility index (Phi) is 7.23. The summed E-state index contributed by atoms with van der Waals surface area (Å²) >= 11 is 1.46. The number of nitrogens with zero attached hydrogens (tertiary/aromatic N) is 4. The number of hydrogen-bond donors (Lipinski definition) is 1. The molecule has 0 saturated carbocycles. The van der Waals surface area contributed by atoms with Crippen molar-refractivity contribution in [3.8, 4) is 5.69 Å². The Bertz CT molecular complexity index is 1420. The zero-order chi connectivity index (χ0) is 24.7. The third kappa shape index (κ3) is 5.55. The van der Waals surface area contributed by atoms with Gasteiger partial charge in [0.15, 0.2) is 10.9 Å². The van der Waals surface area contributed by atoms with Gasteiger partial charge in [-0.25, -0.2) is 4.98 Å². The first kappa shape index (κ1) is 23.6. The average molecular weight is 496 g/mol. The topological polar surface area (TPSA) is 85.8 Å². The minimum absolute atomic E-state index is 0.138. The van der Waals surface area contributed by atoms with Crippen LogP contribution in [0.5, 0.6) is 0 Å². The molecular weight excluding hydrogens is 470 g/mol. The fourth-order valence-corrected chi connectivity index (χ4v) is 4.65. The molecule has 1 unspecified atom stereocenters. The van der Waals surface area contributed by atoms with Gasteiger partial charge < -0.3 is 9.73 Å². The van der Waals surface area contributed by atoms with Crippen LogP contribution in [-0.4, -0.2) is 25.7 Å². The predicted molar refractivity (Wildman–Crippen MR) is 139 cm³/mol. The Hall–Kier alpha value is -4.17. The third-order valence-corrected chi connectivity index (χ3v) is 6.59. The molecule has 2 aromatic heterocycles. The van der Waals surface area contributed by atoms with Crippen molar-refractivity contribution in [1.82, 2.24) is 25.1 Å². The van der Waals surface area contributed by atoms with E-state index in [-0.39, 0.29) is 17.6 Å². The maximum Gasteiger partial charge on any atom is 0.273 e. The van der Waals surface area contributed by atoms with Crippen LogP contribution in [0.2, 0.25) is 0 Å². The van der Waals surface area contributed by atoms with Crippen LogP contribution < -0.4 is 5.32 Å². The molecule has 0 aliphatic carbocycles. The number of carbonyl (C=O) groups is 1. The summed E-state index contributed by atoms with van der Waals surface area (Å²) in [6.45, 7) is 1.94. The number of carbonyl (C=O) groups excluding carboxylic acids is 1. The molecule has 0 aliphatic heterocycles. The molecule has 0 aliphatic rings. The van der Waals surface area contributed by atoms with Crippen molar-refractivity contribution in [2.45, 2.75) is 30.3 Å². The third-order valence-electron chi connectivity index (χ3n) is 5.68. The lowest BCUT2D eigenvalue weighted by atomic mass is 10.1. The molecule has 36 heavy (non-hydrogen) atoms. The predicted octanol–water partition coefficient (Wildman–Crippen LogP) is 5.63. The Morgan fingerprint density at radius 2 is 1.61 bits per heavy atom. The Morgan fingerprint density at radius 1 is 0.944 bits per heavy atom. The molecule has 2 heterocycles.